The van der Waals surface area contributed by atoms with Gasteiger partial charge in [-0.1, -0.05) is 41.9 Å². The molecule has 35 heavy (non-hydrogen) atoms. The standard InChI is InChI=1S/C27H39ClN2O4S/c1-4-32-17-18(2)30(3)26(31)21-7-5-19(6-8-21)24-27(35-23-11-9-22(28)10-12-23)34-25(29-24)20-13-15-33-16-14-20/h5-9,18,20,23-24,26-27,31H,4,10-17H2,1-3H3. The zero-order valence-corrected chi connectivity index (χ0v) is 22.6. The van der Waals surface area contributed by atoms with Gasteiger partial charge >= 0.3 is 0 Å². The molecule has 5 unspecified atom stereocenters. The molecule has 0 radical (unpaired) electrons. The Morgan fingerprint density at radius 3 is 2.63 bits per heavy atom. The Kier molecular flexibility index (Phi) is 9.96. The van der Waals surface area contributed by atoms with Gasteiger partial charge in [-0.2, -0.15) is 0 Å². The molecule has 0 aromatic heterocycles. The summed E-state index contributed by atoms with van der Waals surface area (Å²) in [7, 11) is 1.93. The quantitative estimate of drug-likeness (QED) is 0.400. The molecule has 1 aromatic rings. The number of ether oxygens (including phenoxy) is 3. The molecule has 0 saturated carbocycles. The Morgan fingerprint density at radius 2 is 1.97 bits per heavy atom. The van der Waals surface area contributed by atoms with E-state index in [1.54, 1.807) is 0 Å². The average Bonchev–Trinajstić information content (AvgIpc) is 3.32. The van der Waals surface area contributed by atoms with Crippen molar-refractivity contribution in [2.24, 2.45) is 10.9 Å². The molecule has 2 aliphatic heterocycles. The Hall–Kier alpha value is -1.09. The fraction of sp³-hybridized carbons (Fsp3) is 0.667. The number of likely N-dealkylation sites (N-methyl/N-ethyl adjacent to an activating group) is 1. The highest BCUT2D eigenvalue weighted by molar-refractivity contribution is 8.00. The summed E-state index contributed by atoms with van der Waals surface area (Å²) in [6.07, 6.45) is 6.35. The molecule has 1 saturated heterocycles. The number of aliphatic imine (C=N–C) groups is 1. The minimum Gasteiger partial charge on any atom is -0.464 e. The second-order valence-electron chi connectivity index (χ2n) is 9.68. The highest BCUT2D eigenvalue weighted by Crippen LogP contribution is 2.43. The van der Waals surface area contributed by atoms with E-state index in [4.69, 9.17) is 30.8 Å². The van der Waals surface area contributed by atoms with Crippen LogP contribution < -0.4 is 0 Å². The van der Waals surface area contributed by atoms with Crippen molar-refractivity contribution in [1.29, 1.82) is 0 Å². The summed E-state index contributed by atoms with van der Waals surface area (Å²) in [5, 5.41) is 12.4. The Labute approximate surface area is 219 Å². The van der Waals surface area contributed by atoms with Crippen molar-refractivity contribution >= 4 is 29.3 Å². The third-order valence-electron chi connectivity index (χ3n) is 7.19. The van der Waals surface area contributed by atoms with E-state index >= 15 is 0 Å². The number of nitrogens with zero attached hydrogens (tertiary/aromatic N) is 2. The van der Waals surface area contributed by atoms with Crippen molar-refractivity contribution < 1.29 is 19.3 Å². The van der Waals surface area contributed by atoms with E-state index in [0.29, 0.717) is 24.4 Å². The first-order valence-corrected chi connectivity index (χ1v) is 14.2. The van der Waals surface area contributed by atoms with Crippen LogP contribution in [0.5, 0.6) is 0 Å². The van der Waals surface area contributed by atoms with Gasteiger partial charge in [0.1, 0.15) is 12.3 Å². The first kappa shape index (κ1) is 27.0. The Morgan fingerprint density at radius 1 is 1.23 bits per heavy atom. The van der Waals surface area contributed by atoms with Gasteiger partial charge in [-0.15, -0.1) is 11.8 Å². The highest BCUT2D eigenvalue weighted by Gasteiger charge is 2.38. The van der Waals surface area contributed by atoms with Crippen molar-refractivity contribution in [3.05, 3.63) is 46.5 Å². The first-order chi connectivity index (χ1) is 17.0. The predicted octanol–water partition coefficient (Wildman–Crippen LogP) is 5.67. The van der Waals surface area contributed by atoms with E-state index in [1.165, 1.54) is 0 Å². The molecule has 6 nitrogen and oxygen atoms in total. The lowest BCUT2D eigenvalue weighted by molar-refractivity contribution is -0.0288. The Balaban J connectivity index is 1.48. The number of hydrogen-bond donors (Lipinski definition) is 1. The van der Waals surface area contributed by atoms with Crippen LogP contribution in [-0.2, 0) is 14.2 Å². The molecule has 194 valence electrons. The highest BCUT2D eigenvalue weighted by atomic mass is 35.5. The number of benzene rings is 1. The van der Waals surface area contributed by atoms with Gasteiger partial charge in [0.2, 0.25) is 0 Å². The monoisotopic (exact) mass is 522 g/mol. The van der Waals surface area contributed by atoms with Gasteiger partial charge in [0.05, 0.1) is 6.61 Å². The van der Waals surface area contributed by atoms with E-state index < -0.39 is 6.23 Å². The summed E-state index contributed by atoms with van der Waals surface area (Å²) in [6, 6.07) is 8.26. The van der Waals surface area contributed by atoms with E-state index in [9.17, 15) is 5.11 Å². The summed E-state index contributed by atoms with van der Waals surface area (Å²) >= 11 is 8.10. The number of rotatable bonds is 10. The fourth-order valence-corrected chi connectivity index (χ4v) is 6.29. The van der Waals surface area contributed by atoms with Crippen molar-refractivity contribution in [2.75, 3.05) is 33.5 Å². The molecule has 2 heterocycles. The number of aliphatic hydroxyl groups excluding tert-OH is 1. The van der Waals surface area contributed by atoms with Crippen LogP contribution in [0.4, 0.5) is 0 Å². The molecule has 5 atom stereocenters. The van der Waals surface area contributed by atoms with Crippen LogP contribution in [0, 0.1) is 5.92 Å². The summed E-state index contributed by atoms with van der Waals surface area (Å²) < 4.78 is 17.6. The lowest BCUT2D eigenvalue weighted by atomic mass is 10.0. The third-order valence-corrected chi connectivity index (χ3v) is 8.96. The van der Waals surface area contributed by atoms with E-state index in [0.717, 1.165) is 67.4 Å². The van der Waals surface area contributed by atoms with Crippen LogP contribution in [-0.4, -0.2) is 66.1 Å². The first-order valence-electron chi connectivity index (χ1n) is 12.9. The number of thioether (sulfide) groups is 1. The van der Waals surface area contributed by atoms with E-state index in [1.807, 2.05) is 42.8 Å². The molecule has 1 aromatic carbocycles. The molecule has 4 rings (SSSR count). The van der Waals surface area contributed by atoms with Crippen LogP contribution in [0.3, 0.4) is 0 Å². The summed E-state index contributed by atoms with van der Waals surface area (Å²) in [5.41, 5.74) is 1.94. The molecule has 0 amide bonds. The van der Waals surface area contributed by atoms with Crippen LogP contribution in [0.1, 0.15) is 69.3 Å². The fourth-order valence-electron chi connectivity index (χ4n) is 4.73. The molecular formula is C27H39ClN2O4S. The van der Waals surface area contributed by atoms with Crippen molar-refractivity contribution in [3.8, 4) is 0 Å². The molecule has 3 aliphatic rings. The lowest BCUT2D eigenvalue weighted by Gasteiger charge is -2.30. The minimum atomic E-state index is -0.690. The van der Waals surface area contributed by atoms with Crippen molar-refractivity contribution in [2.45, 2.75) is 74.9 Å². The topological polar surface area (TPSA) is 63.5 Å². The van der Waals surface area contributed by atoms with Crippen molar-refractivity contribution in [3.63, 3.8) is 0 Å². The zero-order chi connectivity index (χ0) is 24.8. The molecular weight excluding hydrogens is 484 g/mol. The van der Waals surface area contributed by atoms with Gasteiger partial charge in [-0.05, 0) is 64.1 Å². The van der Waals surface area contributed by atoms with Crippen LogP contribution in [0.15, 0.2) is 40.4 Å². The van der Waals surface area contributed by atoms with Gasteiger partial charge in [-0.25, -0.2) is 4.99 Å². The number of hydrogen-bond acceptors (Lipinski definition) is 7. The predicted molar refractivity (Wildman–Crippen MR) is 143 cm³/mol. The van der Waals surface area contributed by atoms with Crippen LogP contribution in [0.2, 0.25) is 0 Å². The number of allylic oxidation sites excluding steroid dienone is 2. The molecule has 0 spiro atoms. The molecule has 8 heteroatoms. The molecule has 1 N–H and O–H groups in total. The summed E-state index contributed by atoms with van der Waals surface area (Å²) in [6.45, 7) is 6.84. The maximum absolute atomic E-state index is 10.9. The van der Waals surface area contributed by atoms with Gasteiger partial charge in [0.25, 0.3) is 0 Å². The van der Waals surface area contributed by atoms with E-state index in [-0.39, 0.29) is 17.5 Å². The summed E-state index contributed by atoms with van der Waals surface area (Å²) in [4.78, 5) is 7.04. The second kappa shape index (κ2) is 12.9. The molecule has 0 bridgehead atoms. The van der Waals surface area contributed by atoms with Crippen LogP contribution in [0.25, 0.3) is 0 Å². The maximum atomic E-state index is 10.9. The van der Waals surface area contributed by atoms with Crippen molar-refractivity contribution in [1.82, 2.24) is 4.90 Å². The molecule has 1 aliphatic carbocycles. The molecule has 1 fully saturated rings. The lowest BCUT2D eigenvalue weighted by Crippen LogP contribution is -2.36. The zero-order valence-electron chi connectivity index (χ0n) is 21.1. The van der Waals surface area contributed by atoms with Gasteiger partial charge in [-0.3, -0.25) is 4.90 Å². The van der Waals surface area contributed by atoms with E-state index in [2.05, 4.69) is 25.1 Å². The smallest absolute Gasteiger partial charge is 0.188 e. The number of halogens is 1. The largest absolute Gasteiger partial charge is 0.464 e. The third kappa shape index (κ3) is 7.02. The maximum Gasteiger partial charge on any atom is 0.188 e. The normalized spacial score (nSPS) is 27.3. The second-order valence-corrected chi connectivity index (χ2v) is 11.6. The Bertz CT molecular complexity index is 874. The summed E-state index contributed by atoms with van der Waals surface area (Å²) in [5.74, 6) is 1.22. The van der Waals surface area contributed by atoms with Gasteiger partial charge < -0.3 is 19.3 Å². The van der Waals surface area contributed by atoms with Crippen LogP contribution >= 0.6 is 23.4 Å². The average molecular weight is 523 g/mol. The minimum absolute atomic E-state index is 0.0483. The SMILES string of the molecule is CCOCC(C)N(C)C(O)c1ccc(C2N=C(C3CCOCC3)OC2SC2CC=C(Cl)CC2)cc1. The van der Waals surface area contributed by atoms with Gasteiger partial charge in [0.15, 0.2) is 11.3 Å². The number of aliphatic hydroxyl groups is 1. The van der Waals surface area contributed by atoms with Gasteiger partial charge in [0, 0.05) is 42.1 Å².